The molecule has 2 rings (SSSR count). The Hall–Kier alpha value is -1.19. The zero-order chi connectivity index (χ0) is 9.47. The van der Waals surface area contributed by atoms with Gasteiger partial charge in [-0.05, 0) is 12.1 Å². The highest BCUT2D eigenvalue weighted by Crippen LogP contribution is 2.42. The molecule has 0 N–H and O–H groups in total. The number of halogens is 3. The summed E-state index contributed by atoms with van der Waals surface area (Å²) in [7, 11) is 0. The summed E-state index contributed by atoms with van der Waals surface area (Å²) in [5, 5.41) is 0. The molecule has 70 valence electrons. The summed E-state index contributed by atoms with van der Waals surface area (Å²) in [5.74, 6) is -4.04. The van der Waals surface area contributed by atoms with E-state index in [1.54, 1.807) is 0 Å². The van der Waals surface area contributed by atoms with Crippen LogP contribution in [0.2, 0.25) is 0 Å². The van der Waals surface area contributed by atoms with Crippen molar-refractivity contribution in [3.63, 3.8) is 0 Å². The molecule has 0 saturated heterocycles. The highest BCUT2D eigenvalue weighted by molar-refractivity contribution is 5.39. The van der Waals surface area contributed by atoms with Crippen molar-refractivity contribution in [2.75, 3.05) is 6.61 Å². The number of alkyl halides is 2. The summed E-state index contributed by atoms with van der Waals surface area (Å²) in [6, 6.07) is 3.72. The standard InChI is InChI=1S/C9H7F3O/c10-6-2-1-3-7-8(6)9(11,12)4-5-13-7/h1-3H,4-5H2. The van der Waals surface area contributed by atoms with Gasteiger partial charge in [-0.1, -0.05) is 6.07 Å². The Kier molecular flexibility index (Phi) is 1.71. The molecule has 0 aliphatic carbocycles. The summed E-state index contributed by atoms with van der Waals surface area (Å²) in [6.07, 6.45) is -0.457. The first kappa shape index (κ1) is 8.41. The van der Waals surface area contributed by atoms with E-state index >= 15 is 0 Å². The lowest BCUT2D eigenvalue weighted by Gasteiger charge is -2.25. The highest BCUT2D eigenvalue weighted by atomic mass is 19.3. The van der Waals surface area contributed by atoms with E-state index in [9.17, 15) is 13.2 Å². The molecule has 0 saturated carbocycles. The van der Waals surface area contributed by atoms with Crippen molar-refractivity contribution < 1.29 is 17.9 Å². The number of benzene rings is 1. The van der Waals surface area contributed by atoms with Gasteiger partial charge in [0.05, 0.1) is 18.6 Å². The SMILES string of the molecule is Fc1cccc2c1C(F)(F)CCO2. The highest BCUT2D eigenvalue weighted by Gasteiger charge is 2.40. The van der Waals surface area contributed by atoms with Crippen molar-refractivity contribution in [1.82, 2.24) is 0 Å². The van der Waals surface area contributed by atoms with E-state index < -0.39 is 23.7 Å². The van der Waals surface area contributed by atoms with Gasteiger partial charge >= 0.3 is 0 Å². The van der Waals surface area contributed by atoms with Crippen molar-refractivity contribution in [2.45, 2.75) is 12.3 Å². The van der Waals surface area contributed by atoms with Gasteiger partial charge in [-0.2, -0.15) is 0 Å². The molecule has 0 bridgehead atoms. The molecular weight excluding hydrogens is 181 g/mol. The smallest absolute Gasteiger partial charge is 0.282 e. The number of hydrogen-bond donors (Lipinski definition) is 0. The Bertz CT molecular complexity index is 336. The number of hydrogen-bond acceptors (Lipinski definition) is 1. The fourth-order valence-electron chi connectivity index (χ4n) is 1.39. The van der Waals surface area contributed by atoms with Gasteiger partial charge in [0.25, 0.3) is 5.92 Å². The maximum Gasteiger partial charge on any atom is 0.282 e. The molecule has 0 spiro atoms. The molecule has 0 aromatic heterocycles. The zero-order valence-electron chi connectivity index (χ0n) is 6.69. The summed E-state index contributed by atoms with van der Waals surface area (Å²) < 4.78 is 44.2. The third-order valence-electron chi connectivity index (χ3n) is 2.01. The van der Waals surface area contributed by atoms with Crippen LogP contribution in [0.15, 0.2) is 18.2 Å². The van der Waals surface area contributed by atoms with Crippen LogP contribution in [-0.2, 0) is 5.92 Å². The van der Waals surface area contributed by atoms with Crippen LogP contribution in [0.3, 0.4) is 0 Å². The summed E-state index contributed by atoms with van der Waals surface area (Å²) in [5.41, 5.74) is -0.610. The fraction of sp³-hybridized carbons (Fsp3) is 0.333. The van der Waals surface area contributed by atoms with Crippen LogP contribution < -0.4 is 4.74 Å². The van der Waals surface area contributed by atoms with Crippen LogP contribution >= 0.6 is 0 Å². The average Bonchev–Trinajstić information content (AvgIpc) is 2.02. The summed E-state index contributed by atoms with van der Waals surface area (Å²) in [4.78, 5) is 0. The van der Waals surface area contributed by atoms with Gasteiger partial charge in [0.1, 0.15) is 11.6 Å². The Labute approximate surface area is 73.1 Å². The predicted octanol–water partition coefficient (Wildman–Crippen LogP) is 2.70. The zero-order valence-corrected chi connectivity index (χ0v) is 6.69. The van der Waals surface area contributed by atoms with E-state index in [0.717, 1.165) is 6.07 Å². The van der Waals surface area contributed by atoms with Crippen LogP contribution in [0.5, 0.6) is 5.75 Å². The Morgan fingerprint density at radius 2 is 2.08 bits per heavy atom. The quantitative estimate of drug-likeness (QED) is 0.608. The van der Waals surface area contributed by atoms with Gasteiger partial charge in [0.15, 0.2) is 0 Å². The lowest BCUT2D eigenvalue weighted by atomic mass is 10.0. The normalized spacial score (nSPS) is 19.0. The van der Waals surface area contributed by atoms with E-state index in [1.807, 2.05) is 0 Å². The van der Waals surface area contributed by atoms with Crippen molar-refractivity contribution in [1.29, 1.82) is 0 Å². The van der Waals surface area contributed by atoms with E-state index in [1.165, 1.54) is 12.1 Å². The maximum absolute atomic E-state index is 13.1. The van der Waals surface area contributed by atoms with Gasteiger partial charge in [0.2, 0.25) is 0 Å². The van der Waals surface area contributed by atoms with Crippen molar-refractivity contribution in [2.24, 2.45) is 0 Å². The van der Waals surface area contributed by atoms with Crippen LogP contribution in [0.25, 0.3) is 0 Å². The molecule has 1 aliphatic rings. The Morgan fingerprint density at radius 3 is 2.77 bits per heavy atom. The second kappa shape index (κ2) is 2.65. The molecule has 0 fully saturated rings. The molecule has 1 aromatic carbocycles. The number of rotatable bonds is 0. The van der Waals surface area contributed by atoms with Gasteiger partial charge < -0.3 is 4.74 Å². The topological polar surface area (TPSA) is 9.23 Å². The van der Waals surface area contributed by atoms with E-state index in [2.05, 4.69) is 0 Å². The lowest BCUT2D eigenvalue weighted by Crippen LogP contribution is -2.25. The first-order chi connectivity index (χ1) is 6.11. The third-order valence-corrected chi connectivity index (χ3v) is 2.01. The average molecular weight is 188 g/mol. The number of fused-ring (bicyclic) bond motifs is 1. The maximum atomic E-state index is 13.1. The van der Waals surface area contributed by atoms with Crippen LogP contribution in [-0.4, -0.2) is 6.61 Å². The van der Waals surface area contributed by atoms with Gasteiger partial charge in [0, 0.05) is 0 Å². The molecule has 1 heterocycles. The molecule has 0 unspecified atom stereocenters. The molecule has 1 aliphatic heterocycles. The molecule has 0 radical (unpaired) electrons. The lowest BCUT2D eigenvalue weighted by molar-refractivity contribution is -0.0438. The largest absolute Gasteiger partial charge is 0.493 e. The molecule has 1 aromatic rings. The molecule has 13 heavy (non-hydrogen) atoms. The molecular formula is C9H7F3O. The molecule has 0 amide bonds. The van der Waals surface area contributed by atoms with E-state index in [0.29, 0.717) is 0 Å². The van der Waals surface area contributed by atoms with Crippen molar-refractivity contribution in [3.8, 4) is 5.75 Å². The predicted molar refractivity (Wildman–Crippen MR) is 40.4 cm³/mol. The van der Waals surface area contributed by atoms with Crippen LogP contribution in [0.1, 0.15) is 12.0 Å². The van der Waals surface area contributed by atoms with Gasteiger partial charge in [-0.15, -0.1) is 0 Å². The monoisotopic (exact) mass is 188 g/mol. The van der Waals surface area contributed by atoms with Crippen LogP contribution in [0, 0.1) is 5.82 Å². The van der Waals surface area contributed by atoms with Crippen molar-refractivity contribution >= 4 is 0 Å². The van der Waals surface area contributed by atoms with Crippen LogP contribution in [0.4, 0.5) is 13.2 Å². The second-order valence-corrected chi connectivity index (χ2v) is 2.92. The minimum absolute atomic E-state index is 0.0451. The Balaban J connectivity index is 2.61. The second-order valence-electron chi connectivity index (χ2n) is 2.92. The van der Waals surface area contributed by atoms with E-state index in [4.69, 9.17) is 4.74 Å². The third kappa shape index (κ3) is 1.26. The molecule has 0 atom stereocenters. The minimum Gasteiger partial charge on any atom is -0.493 e. The summed E-state index contributed by atoms with van der Waals surface area (Å²) >= 11 is 0. The van der Waals surface area contributed by atoms with Gasteiger partial charge in [-0.3, -0.25) is 0 Å². The molecule has 4 heteroatoms. The fourth-order valence-corrected chi connectivity index (χ4v) is 1.39. The summed E-state index contributed by atoms with van der Waals surface area (Å²) in [6.45, 7) is -0.0660. The Morgan fingerprint density at radius 1 is 1.31 bits per heavy atom. The van der Waals surface area contributed by atoms with Gasteiger partial charge in [-0.25, -0.2) is 13.2 Å². The molecule has 1 nitrogen and oxygen atoms in total. The van der Waals surface area contributed by atoms with Crippen molar-refractivity contribution in [3.05, 3.63) is 29.6 Å². The number of ether oxygens (including phenoxy) is 1. The minimum atomic E-state index is -3.10. The van der Waals surface area contributed by atoms with E-state index in [-0.39, 0.29) is 12.4 Å². The first-order valence-electron chi connectivity index (χ1n) is 3.91. The first-order valence-corrected chi connectivity index (χ1v) is 3.91.